The Kier molecular flexibility index (Phi) is 4.22. The molecule has 0 aliphatic carbocycles. The van der Waals surface area contributed by atoms with Crippen LogP contribution < -0.4 is 0 Å². The highest BCUT2D eigenvalue weighted by atomic mass is 16.3. The molecule has 0 unspecified atom stereocenters. The van der Waals surface area contributed by atoms with Crippen LogP contribution in [0.2, 0.25) is 0 Å². The molecule has 6 N–H and O–H groups in total. The molecule has 0 radical (unpaired) electrons. The lowest BCUT2D eigenvalue weighted by Crippen LogP contribution is -2.04. The van der Waals surface area contributed by atoms with Gasteiger partial charge in [-0.15, -0.1) is 0 Å². The summed E-state index contributed by atoms with van der Waals surface area (Å²) < 4.78 is 0. The van der Waals surface area contributed by atoms with Gasteiger partial charge in [0, 0.05) is 0 Å². The van der Waals surface area contributed by atoms with Crippen LogP contribution in [0.3, 0.4) is 0 Å². The van der Waals surface area contributed by atoms with Crippen molar-refractivity contribution in [2.24, 2.45) is 0 Å². The van der Waals surface area contributed by atoms with Crippen molar-refractivity contribution in [3.8, 4) is 34.5 Å². The Morgan fingerprint density at radius 1 is 0.826 bits per heavy atom. The van der Waals surface area contributed by atoms with Crippen molar-refractivity contribution in [1.82, 2.24) is 0 Å². The third-order valence-electron chi connectivity index (χ3n) is 3.46. The first kappa shape index (κ1) is 16.3. The number of hydrogen-bond acceptors (Lipinski definition) is 7. The van der Waals surface area contributed by atoms with Crippen molar-refractivity contribution in [3.63, 3.8) is 0 Å². The third kappa shape index (κ3) is 2.68. The first-order valence-corrected chi connectivity index (χ1v) is 6.84. The van der Waals surface area contributed by atoms with E-state index >= 15 is 0 Å². The smallest absolute Gasteiger partial charge is 0.201 e. The zero-order valence-corrected chi connectivity index (χ0v) is 12.2. The number of phenols is 6. The maximum Gasteiger partial charge on any atom is 0.201 e. The summed E-state index contributed by atoms with van der Waals surface area (Å²) in [6.07, 6.45) is 0.976. The zero-order chi connectivity index (χ0) is 17.3. The van der Waals surface area contributed by atoms with Gasteiger partial charge in [0.2, 0.25) is 17.3 Å². The Morgan fingerprint density at radius 3 is 2.04 bits per heavy atom. The van der Waals surface area contributed by atoms with Crippen LogP contribution in [0, 0.1) is 0 Å². The molecule has 23 heavy (non-hydrogen) atoms. The Bertz CT molecular complexity index is 781. The number of ketones is 1. The number of benzene rings is 2. The third-order valence-corrected chi connectivity index (χ3v) is 3.46. The number of carbonyl (C=O) groups excluding carboxylic acids is 1. The number of phenolic OH excluding ortho intramolecular Hbond substituents is 6. The van der Waals surface area contributed by atoms with E-state index in [-0.39, 0.29) is 16.7 Å². The van der Waals surface area contributed by atoms with Gasteiger partial charge in [0.15, 0.2) is 23.0 Å². The lowest BCUT2D eigenvalue weighted by atomic mass is 9.96. The lowest BCUT2D eigenvalue weighted by Gasteiger charge is -2.12. The van der Waals surface area contributed by atoms with E-state index in [2.05, 4.69) is 0 Å². The molecule has 122 valence electrons. The largest absolute Gasteiger partial charge is 0.504 e. The van der Waals surface area contributed by atoms with Crippen LogP contribution in [-0.2, 0) is 6.42 Å². The van der Waals surface area contributed by atoms with E-state index < -0.39 is 40.3 Å². The quantitative estimate of drug-likeness (QED) is 0.374. The summed E-state index contributed by atoms with van der Waals surface area (Å²) in [6.45, 7) is 1.83. The van der Waals surface area contributed by atoms with Gasteiger partial charge in [-0.2, -0.15) is 0 Å². The monoisotopic (exact) mass is 320 g/mol. The molecule has 0 fully saturated rings. The molecular formula is C16H16O7. The standard InChI is InChI=1S/C16H16O7/c1-2-3-7-6-9(14(21)16(23)11(7)18)12(19)8-4-5-10(17)15(22)13(8)20/h4-6,17-18,20-23H,2-3H2,1H3. The maximum atomic E-state index is 12.5. The number of rotatable bonds is 4. The van der Waals surface area contributed by atoms with Crippen LogP contribution in [0.1, 0.15) is 34.8 Å². The molecule has 0 saturated carbocycles. The predicted molar refractivity (Wildman–Crippen MR) is 80.3 cm³/mol. The Labute approximate surface area is 131 Å². The Balaban J connectivity index is 2.62. The van der Waals surface area contributed by atoms with Gasteiger partial charge in [0.05, 0.1) is 11.1 Å². The normalized spacial score (nSPS) is 10.7. The average molecular weight is 320 g/mol. The van der Waals surface area contributed by atoms with E-state index in [4.69, 9.17) is 0 Å². The van der Waals surface area contributed by atoms with Gasteiger partial charge in [-0.3, -0.25) is 4.79 Å². The molecule has 0 saturated heterocycles. The summed E-state index contributed by atoms with van der Waals surface area (Å²) in [6, 6.07) is 3.28. The van der Waals surface area contributed by atoms with Crippen molar-refractivity contribution < 1.29 is 35.4 Å². The number of aryl methyl sites for hydroxylation is 1. The molecule has 2 aromatic rings. The van der Waals surface area contributed by atoms with Crippen LogP contribution in [0.4, 0.5) is 0 Å². The maximum absolute atomic E-state index is 12.5. The number of aromatic hydroxyl groups is 6. The average Bonchev–Trinajstić information content (AvgIpc) is 2.53. The highest BCUT2D eigenvalue weighted by molar-refractivity contribution is 6.13. The second kappa shape index (κ2) is 5.96. The van der Waals surface area contributed by atoms with Crippen molar-refractivity contribution in [2.45, 2.75) is 19.8 Å². The van der Waals surface area contributed by atoms with E-state index in [0.717, 1.165) is 12.1 Å². The van der Waals surface area contributed by atoms with Gasteiger partial charge in [-0.05, 0) is 30.2 Å². The molecular weight excluding hydrogens is 304 g/mol. The van der Waals surface area contributed by atoms with Crippen LogP contribution in [0.5, 0.6) is 34.5 Å². The van der Waals surface area contributed by atoms with Crippen molar-refractivity contribution in [1.29, 1.82) is 0 Å². The fourth-order valence-electron chi connectivity index (χ4n) is 2.23. The highest BCUT2D eigenvalue weighted by Crippen LogP contribution is 2.43. The summed E-state index contributed by atoms with van der Waals surface area (Å²) in [7, 11) is 0. The van der Waals surface area contributed by atoms with E-state index in [1.807, 2.05) is 6.92 Å². The van der Waals surface area contributed by atoms with Crippen molar-refractivity contribution in [3.05, 3.63) is 34.9 Å². The van der Waals surface area contributed by atoms with Crippen LogP contribution in [0.25, 0.3) is 0 Å². The summed E-state index contributed by atoms with van der Waals surface area (Å²) in [5.74, 6) is -5.39. The van der Waals surface area contributed by atoms with Crippen LogP contribution in [-0.4, -0.2) is 36.4 Å². The molecule has 0 spiro atoms. The van der Waals surface area contributed by atoms with Gasteiger partial charge >= 0.3 is 0 Å². The summed E-state index contributed by atoms with van der Waals surface area (Å²) in [4.78, 5) is 12.5. The Morgan fingerprint density at radius 2 is 1.43 bits per heavy atom. The van der Waals surface area contributed by atoms with Crippen molar-refractivity contribution in [2.75, 3.05) is 0 Å². The van der Waals surface area contributed by atoms with E-state index in [1.54, 1.807) is 0 Å². The lowest BCUT2D eigenvalue weighted by molar-refractivity contribution is 0.103. The van der Waals surface area contributed by atoms with Gasteiger partial charge in [-0.25, -0.2) is 0 Å². The van der Waals surface area contributed by atoms with Crippen molar-refractivity contribution >= 4 is 5.78 Å². The predicted octanol–water partition coefficient (Wildman–Crippen LogP) is 2.10. The molecule has 0 bridgehead atoms. The summed E-state index contributed by atoms with van der Waals surface area (Å²) >= 11 is 0. The van der Waals surface area contributed by atoms with Crippen LogP contribution >= 0.6 is 0 Å². The highest BCUT2D eigenvalue weighted by Gasteiger charge is 2.25. The van der Waals surface area contributed by atoms with Gasteiger partial charge in [0.1, 0.15) is 0 Å². The number of carbonyl (C=O) groups is 1. The minimum atomic E-state index is -0.886. The summed E-state index contributed by atoms with van der Waals surface area (Å²) in [5, 5.41) is 58.0. The second-order valence-electron chi connectivity index (χ2n) is 5.04. The molecule has 0 heterocycles. The zero-order valence-electron chi connectivity index (χ0n) is 12.2. The van der Waals surface area contributed by atoms with Gasteiger partial charge in [0.25, 0.3) is 0 Å². The molecule has 0 aromatic heterocycles. The molecule has 2 aromatic carbocycles. The molecule has 7 heteroatoms. The second-order valence-corrected chi connectivity index (χ2v) is 5.04. The first-order valence-electron chi connectivity index (χ1n) is 6.84. The topological polar surface area (TPSA) is 138 Å². The fraction of sp³-hybridized carbons (Fsp3) is 0.188. The molecule has 0 atom stereocenters. The van der Waals surface area contributed by atoms with Gasteiger partial charge < -0.3 is 30.6 Å². The van der Waals surface area contributed by atoms with Crippen LogP contribution in [0.15, 0.2) is 18.2 Å². The molecule has 0 amide bonds. The SMILES string of the molecule is CCCc1cc(C(=O)c2ccc(O)c(O)c2O)c(O)c(O)c1O. The van der Waals surface area contributed by atoms with E-state index in [0.29, 0.717) is 12.8 Å². The first-order chi connectivity index (χ1) is 10.8. The van der Waals surface area contributed by atoms with Gasteiger partial charge in [-0.1, -0.05) is 13.3 Å². The molecule has 7 nitrogen and oxygen atoms in total. The number of hydrogen-bond donors (Lipinski definition) is 6. The Hall–Kier alpha value is -3.09. The fourth-order valence-corrected chi connectivity index (χ4v) is 2.23. The molecule has 2 rings (SSSR count). The minimum Gasteiger partial charge on any atom is -0.504 e. The summed E-state index contributed by atoms with van der Waals surface area (Å²) in [5.41, 5.74) is -0.457. The van der Waals surface area contributed by atoms with E-state index in [1.165, 1.54) is 6.07 Å². The molecule has 0 aliphatic rings. The minimum absolute atomic E-state index is 0.258. The molecule has 0 aliphatic heterocycles. The van der Waals surface area contributed by atoms with E-state index in [9.17, 15) is 35.4 Å².